The molecule has 1 amide bonds. The molecule has 3 aromatic rings. The van der Waals surface area contributed by atoms with Crippen LogP contribution in [0, 0.1) is 6.92 Å². The highest BCUT2D eigenvalue weighted by Crippen LogP contribution is 2.24. The molecule has 0 fully saturated rings. The molecule has 6 nitrogen and oxygen atoms in total. The van der Waals surface area contributed by atoms with Crippen LogP contribution in [-0.4, -0.2) is 22.3 Å². The molecule has 1 N–H and O–H groups in total. The Bertz CT molecular complexity index is 839. The largest absolute Gasteiger partial charge is 0.484 e. The van der Waals surface area contributed by atoms with Crippen molar-refractivity contribution in [2.24, 2.45) is 7.05 Å². The SMILES string of the molecule is Cc1ccc(Oc2ccc(OCC(=O)Nc3ccn(C)n3)cc2)cc1. The van der Waals surface area contributed by atoms with Crippen LogP contribution in [0.25, 0.3) is 0 Å². The number of hydrogen-bond acceptors (Lipinski definition) is 4. The standard InChI is InChI=1S/C19H19N3O3/c1-14-3-5-16(6-4-14)25-17-9-7-15(8-10-17)24-13-19(23)20-18-11-12-22(2)21-18/h3-12H,13H2,1-2H3,(H,20,21,23). The number of benzene rings is 2. The summed E-state index contributed by atoms with van der Waals surface area (Å²) in [7, 11) is 1.78. The van der Waals surface area contributed by atoms with E-state index >= 15 is 0 Å². The highest BCUT2D eigenvalue weighted by atomic mass is 16.5. The Morgan fingerprint density at radius 3 is 2.20 bits per heavy atom. The van der Waals surface area contributed by atoms with Crippen molar-refractivity contribution in [1.82, 2.24) is 9.78 Å². The molecule has 0 unspecified atom stereocenters. The fourth-order valence-electron chi connectivity index (χ4n) is 2.16. The van der Waals surface area contributed by atoms with Crippen LogP contribution in [0.3, 0.4) is 0 Å². The van der Waals surface area contributed by atoms with Gasteiger partial charge in [-0.25, -0.2) is 0 Å². The molecule has 6 heteroatoms. The number of aryl methyl sites for hydroxylation is 2. The second kappa shape index (κ2) is 7.53. The van der Waals surface area contributed by atoms with Gasteiger partial charge in [-0.3, -0.25) is 9.48 Å². The monoisotopic (exact) mass is 337 g/mol. The van der Waals surface area contributed by atoms with Crippen LogP contribution in [0.5, 0.6) is 17.2 Å². The molecule has 1 aromatic heterocycles. The Kier molecular flexibility index (Phi) is 4.99. The molecule has 0 saturated carbocycles. The predicted octanol–water partition coefficient (Wildman–Crippen LogP) is 3.54. The quantitative estimate of drug-likeness (QED) is 0.747. The summed E-state index contributed by atoms with van der Waals surface area (Å²) in [4.78, 5) is 11.8. The Morgan fingerprint density at radius 2 is 1.60 bits per heavy atom. The van der Waals surface area contributed by atoms with Crippen molar-refractivity contribution >= 4 is 11.7 Å². The normalized spacial score (nSPS) is 10.3. The van der Waals surface area contributed by atoms with Gasteiger partial charge >= 0.3 is 0 Å². The van der Waals surface area contributed by atoms with Crippen molar-refractivity contribution < 1.29 is 14.3 Å². The molecule has 0 spiro atoms. The summed E-state index contributed by atoms with van der Waals surface area (Å²) in [5, 5.41) is 6.74. The van der Waals surface area contributed by atoms with Crippen LogP contribution in [0.4, 0.5) is 5.82 Å². The zero-order valence-corrected chi connectivity index (χ0v) is 14.1. The first-order valence-electron chi connectivity index (χ1n) is 7.85. The Balaban J connectivity index is 1.50. The Labute approximate surface area is 146 Å². The molecule has 0 bridgehead atoms. The van der Waals surface area contributed by atoms with Crippen molar-refractivity contribution in [1.29, 1.82) is 0 Å². The van der Waals surface area contributed by atoms with E-state index in [1.807, 2.05) is 31.2 Å². The molecule has 1 heterocycles. The van der Waals surface area contributed by atoms with Crippen LogP contribution in [0.2, 0.25) is 0 Å². The average Bonchev–Trinajstić information content (AvgIpc) is 3.01. The summed E-state index contributed by atoms with van der Waals surface area (Å²) in [5.74, 6) is 2.30. The minimum absolute atomic E-state index is 0.0886. The fourth-order valence-corrected chi connectivity index (χ4v) is 2.16. The lowest BCUT2D eigenvalue weighted by Gasteiger charge is -2.08. The van der Waals surface area contributed by atoms with Crippen LogP contribution < -0.4 is 14.8 Å². The summed E-state index contributed by atoms with van der Waals surface area (Å²) in [6.45, 7) is 1.94. The number of nitrogens with zero attached hydrogens (tertiary/aromatic N) is 2. The van der Waals surface area contributed by atoms with Crippen molar-refractivity contribution in [3.05, 3.63) is 66.4 Å². The van der Waals surface area contributed by atoms with E-state index < -0.39 is 0 Å². The highest BCUT2D eigenvalue weighted by Gasteiger charge is 2.06. The van der Waals surface area contributed by atoms with Crippen LogP contribution in [0.15, 0.2) is 60.8 Å². The minimum atomic E-state index is -0.265. The van der Waals surface area contributed by atoms with Gasteiger partial charge in [0.25, 0.3) is 5.91 Å². The number of ether oxygens (including phenoxy) is 2. The van der Waals surface area contributed by atoms with Gasteiger partial charge in [-0.05, 0) is 43.3 Å². The number of carbonyl (C=O) groups is 1. The lowest BCUT2D eigenvalue weighted by atomic mass is 10.2. The molecular weight excluding hydrogens is 318 g/mol. The van der Waals surface area contributed by atoms with Crippen LogP contribution in [-0.2, 0) is 11.8 Å². The van der Waals surface area contributed by atoms with Gasteiger partial charge in [0.05, 0.1) is 0 Å². The first-order valence-corrected chi connectivity index (χ1v) is 7.85. The zero-order valence-electron chi connectivity index (χ0n) is 14.1. The third kappa shape index (κ3) is 4.84. The first-order chi connectivity index (χ1) is 12.1. The molecule has 25 heavy (non-hydrogen) atoms. The number of aromatic nitrogens is 2. The maximum atomic E-state index is 11.8. The molecule has 0 aliphatic carbocycles. The lowest BCUT2D eigenvalue weighted by molar-refractivity contribution is -0.118. The second-order valence-corrected chi connectivity index (χ2v) is 5.60. The number of hydrogen-bond donors (Lipinski definition) is 1. The maximum Gasteiger partial charge on any atom is 0.263 e. The molecule has 0 aliphatic rings. The molecule has 0 atom stereocenters. The third-order valence-electron chi connectivity index (χ3n) is 3.43. The third-order valence-corrected chi connectivity index (χ3v) is 3.43. The van der Waals surface area contributed by atoms with Crippen molar-refractivity contribution in [3.8, 4) is 17.2 Å². The van der Waals surface area contributed by atoms with Crippen molar-refractivity contribution in [3.63, 3.8) is 0 Å². The summed E-state index contributed by atoms with van der Waals surface area (Å²) in [6, 6.07) is 16.7. The van der Waals surface area contributed by atoms with Gasteiger partial charge in [-0.1, -0.05) is 17.7 Å². The molecule has 2 aromatic carbocycles. The van der Waals surface area contributed by atoms with Gasteiger partial charge in [0.15, 0.2) is 12.4 Å². The molecular formula is C19H19N3O3. The number of nitrogens with one attached hydrogen (secondary N) is 1. The number of carbonyl (C=O) groups excluding carboxylic acids is 1. The topological polar surface area (TPSA) is 65.4 Å². The predicted molar refractivity (Wildman–Crippen MR) is 95.0 cm³/mol. The average molecular weight is 337 g/mol. The van der Waals surface area contributed by atoms with E-state index in [1.54, 1.807) is 48.3 Å². The summed E-state index contributed by atoms with van der Waals surface area (Å²) in [6.07, 6.45) is 1.75. The molecule has 0 aliphatic heterocycles. The fraction of sp³-hybridized carbons (Fsp3) is 0.158. The van der Waals surface area contributed by atoms with Crippen LogP contribution in [0.1, 0.15) is 5.56 Å². The van der Waals surface area contributed by atoms with Gasteiger partial charge in [0, 0.05) is 19.3 Å². The van der Waals surface area contributed by atoms with E-state index in [4.69, 9.17) is 9.47 Å². The summed E-state index contributed by atoms with van der Waals surface area (Å²) < 4.78 is 12.8. The van der Waals surface area contributed by atoms with E-state index in [-0.39, 0.29) is 12.5 Å². The van der Waals surface area contributed by atoms with E-state index in [9.17, 15) is 4.79 Å². The Morgan fingerprint density at radius 1 is 1.00 bits per heavy atom. The molecule has 128 valence electrons. The van der Waals surface area contributed by atoms with E-state index in [0.29, 0.717) is 17.3 Å². The Hall–Kier alpha value is -3.28. The number of anilines is 1. The first kappa shape index (κ1) is 16.6. The van der Waals surface area contributed by atoms with E-state index in [1.165, 1.54) is 5.56 Å². The smallest absolute Gasteiger partial charge is 0.263 e. The highest BCUT2D eigenvalue weighted by molar-refractivity contribution is 5.90. The number of amides is 1. The van der Waals surface area contributed by atoms with Gasteiger partial charge in [0.2, 0.25) is 0 Å². The maximum absolute atomic E-state index is 11.8. The zero-order chi connectivity index (χ0) is 17.6. The molecule has 0 radical (unpaired) electrons. The van der Waals surface area contributed by atoms with Gasteiger partial charge in [-0.2, -0.15) is 5.10 Å². The molecule has 0 saturated heterocycles. The lowest BCUT2D eigenvalue weighted by Crippen LogP contribution is -2.20. The minimum Gasteiger partial charge on any atom is -0.484 e. The summed E-state index contributed by atoms with van der Waals surface area (Å²) in [5.41, 5.74) is 1.18. The van der Waals surface area contributed by atoms with E-state index in [0.717, 1.165) is 5.75 Å². The number of rotatable bonds is 6. The van der Waals surface area contributed by atoms with Gasteiger partial charge < -0.3 is 14.8 Å². The van der Waals surface area contributed by atoms with Gasteiger partial charge in [-0.15, -0.1) is 0 Å². The van der Waals surface area contributed by atoms with E-state index in [2.05, 4.69) is 10.4 Å². The molecule has 3 rings (SSSR count). The van der Waals surface area contributed by atoms with Crippen molar-refractivity contribution in [2.75, 3.05) is 11.9 Å². The van der Waals surface area contributed by atoms with Crippen LogP contribution >= 0.6 is 0 Å². The summed E-state index contributed by atoms with van der Waals surface area (Å²) >= 11 is 0. The van der Waals surface area contributed by atoms with Crippen molar-refractivity contribution in [2.45, 2.75) is 6.92 Å². The second-order valence-electron chi connectivity index (χ2n) is 5.60. The van der Waals surface area contributed by atoms with Gasteiger partial charge in [0.1, 0.15) is 17.2 Å².